The highest BCUT2D eigenvalue weighted by Gasteiger charge is 2.28. The Balaban J connectivity index is 1.65. The molecule has 25 heavy (non-hydrogen) atoms. The van der Waals surface area contributed by atoms with Crippen molar-refractivity contribution in [2.24, 2.45) is 0 Å². The first-order valence-electron chi connectivity index (χ1n) is 7.71. The van der Waals surface area contributed by atoms with Gasteiger partial charge in [0.25, 0.3) is 11.8 Å². The Bertz CT molecular complexity index is 824. The molecule has 0 spiro atoms. The first-order valence-corrected chi connectivity index (χ1v) is 8.09. The SMILES string of the molecule is CC1Oc2cc(NC(=O)COc3ccccc3Cl)ccc2N(C)C1=O. The van der Waals surface area contributed by atoms with Crippen molar-refractivity contribution in [3.8, 4) is 11.5 Å². The van der Waals surface area contributed by atoms with Gasteiger partial charge in [-0.15, -0.1) is 0 Å². The van der Waals surface area contributed by atoms with E-state index in [0.29, 0.717) is 27.9 Å². The van der Waals surface area contributed by atoms with Gasteiger partial charge < -0.3 is 19.7 Å². The number of para-hydroxylation sites is 1. The second kappa shape index (κ2) is 7.03. The Morgan fingerprint density at radius 1 is 1.32 bits per heavy atom. The quantitative estimate of drug-likeness (QED) is 0.909. The fraction of sp³-hybridized carbons (Fsp3) is 0.222. The van der Waals surface area contributed by atoms with Gasteiger partial charge in [0.15, 0.2) is 12.7 Å². The maximum atomic E-state index is 12.1. The fourth-order valence-electron chi connectivity index (χ4n) is 2.50. The minimum atomic E-state index is -0.563. The van der Waals surface area contributed by atoms with Crippen molar-refractivity contribution in [2.45, 2.75) is 13.0 Å². The van der Waals surface area contributed by atoms with Crippen molar-refractivity contribution < 1.29 is 19.1 Å². The van der Waals surface area contributed by atoms with E-state index in [0.717, 1.165) is 0 Å². The van der Waals surface area contributed by atoms with Crippen molar-refractivity contribution in [3.05, 3.63) is 47.5 Å². The normalized spacial score (nSPS) is 16.0. The van der Waals surface area contributed by atoms with Crippen LogP contribution in [0.3, 0.4) is 0 Å². The third kappa shape index (κ3) is 3.69. The van der Waals surface area contributed by atoms with E-state index in [1.807, 2.05) is 0 Å². The summed E-state index contributed by atoms with van der Waals surface area (Å²) in [5.41, 5.74) is 1.22. The molecule has 130 valence electrons. The summed E-state index contributed by atoms with van der Waals surface area (Å²) in [6.07, 6.45) is -0.563. The van der Waals surface area contributed by atoms with E-state index in [-0.39, 0.29) is 18.4 Å². The lowest BCUT2D eigenvalue weighted by atomic mass is 10.2. The molecular formula is C18H17ClN2O4. The number of hydrogen-bond donors (Lipinski definition) is 1. The Morgan fingerprint density at radius 3 is 2.84 bits per heavy atom. The molecule has 1 aliphatic rings. The summed E-state index contributed by atoms with van der Waals surface area (Å²) in [6, 6.07) is 12.1. The number of nitrogens with zero attached hydrogens (tertiary/aromatic N) is 1. The van der Waals surface area contributed by atoms with Crippen molar-refractivity contribution >= 4 is 34.8 Å². The topological polar surface area (TPSA) is 67.9 Å². The minimum absolute atomic E-state index is 0.113. The number of likely N-dealkylation sites (N-methyl/N-ethyl adjacent to an activating group) is 1. The van der Waals surface area contributed by atoms with Gasteiger partial charge in [-0.3, -0.25) is 9.59 Å². The van der Waals surface area contributed by atoms with Crippen LogP contribution < -0.4 is 19.7 Å². The third-order valence-electron chi connectivity index (χ3n) is 3.78. The van der Waals surface area contributed by atoms with Crippen LogP contribution in [-0.2, 0) is 9.59 Å². The van der Waals surface area contributed by atoms with E-state index in [9.17, 15) is 9.59 Å². The van der Waals surface area contributed by atoms with Crippen molar-refractivity contribution in [1.29, 1.82) is 0 Å². The smallest absolute Gasteiger partial charge is 0.267 e. The largest absolute Gasteiger partial charge is 0.482 e. The molecule has 2 aromatic rings. The van der Waals surface area contributed by atoms with E-state index in [2.05, 4.69) is 5.32 Å². The first kappa shape index (κ1) is 17.1. The molecule has 1 N–H and O–H groups in total. The molecule has 0 aliphatic carbocycles. The number of carbonyl (C=O) groups is 2. The number of ether oxygens (including phenoxy) is 2. The number of benzene rings is 2. The predicted octanol–water partition coefficient (Wildman–Crippen LogP) is 3.10. The van der Waals surface area contributed by atoms with Crippen molar-refractivity contribution in [3.63, 3.8) is 0 Å². The summed E-state index contributed by atoms with van der Waals surface area (Å²) in [4.78, 5) is 25.5. The molecular weight excluding hydrogens is 344 g/mol. The van der Waals surface area contributed by atoms with Gasteiger partial charge in [0, 0.05) is 18.8 Å². The van der Waals surface area contributed by atoms with Crippen LogP contribution in [0.15, 0.2) is 42.5 Å². The molecule has 3 rings (SSSR count). The number of carbonyl (C=O) groups excluding carboxylic acids is 2. The lowest BCUT2D eigenvalue weighted by Crippen LogP contribution is -2.41. The zero-order chi connectivity index (χ0) is 18.0. The zero-order valence-corrected chi connectivity index (χ0v) is 14.5. The summed E-state index contributed by atoms with van der Waals surface area (Å²) >= 11 is 5.98. The molecule has 0 aromatic heterocycles. The molecule has 0 saturated heterocycles. The molecule has 7 heteroatoms. The Labute approximate surface area is 150 Å². The average Bonchev–Trinajstić information content (AvgIpc) is 2.59. The van der Waals surface area contributed by atoms with Gasteiger partial charge in [0.1, 0.15) is 11.5 Å². The molecule has 0 radical (unpaired) electrons. The van der Waals surface area contributed by atoms with Crippen molar-refractivity contribution in [1.82, 2.24) is 0 Å². The molecule has 1 heterocycles. The van der Waals surface area contributed by atoms with Crippen LogP contribution in [0.25, 0.3) is 0 Å². The van der Waals surface area contributed by atoms with E-state index < -0.39 is 6.10 Å². The number of hydrogen-bond acceptors (Lipinski definition) is 4. The highest BCUT2D eigenvalue weighted by atomic mass is 35.5. The van der Waals surface area contributed by atoms with Crippen LogP contribution in [0.5, 0.6) is 11.5 Å². The van der Waals surface area contributed by atoms with Gasteiger partial charge in [0.05, 0.1) is 10.7 Å². The maximum Gasteiger partial charge on any atom is 0.267 e. The third-order valence-corrected chi connectivity index (χ3v) is 4.09. The predicted molar refractivity (Wildman–Crippen MR) is 95.5 cm³/mol. The maximum absolute atomic E-state index is 12.1. The zero-order valence-electron chi connectivity index (χ0n) is 13.8. The van der Waals surface area contributed by atoms with Gasteiger partial charge in [-0.25, -0.2) is 0 Å². The number of amides is 2. The van der Waals surface area contributed by atoms with Crippen LogP contribution in [0, 0.1) is 0 Å². The van der Waals surface area contributed by atoms with Gasteiger partial charge in [-0.1, -0.05) is 23.7 Å². The van der Waals surface area contributed by atoms with E-state index in [1.54, 1.807) is 56.4 Å². The fourth-order valence-corrected chi connectivity index (χ4v) is 2.69. The number of anilines is 2. The van der Waals surface area contributed by atoms with Gasteiger partial charge >= 0.3 is 0 Å². The summed E-state index contributed by atoms with van der Waals surface area (Å²) in [5.74, 6) is 0.548. The molecule has 0 bridgehead atoms. The van der Waals surface area contributed by atoms with E-state index >= 15 is 0 Å². The van der Waals surface area contributed by atoms with E-state index in [4.69, 9.17) is 21.1 Å². The molecule has 2 aromatic carbocycles. The molecule has 0 fully saturated rings. The molecule has 2 amide bonds. The monoisotopic (exact) mass is 360 g/mol. The lowest BCUT2D eigenvalue weighted by Gasteiger charge is -2.30. The standard InChI is InChI=1S/C18H17ClN2O4/c1-11-18(23)21(2)14-8-7-12(9-16(14)25-11)20-17(22)10-24-15-6-4-3-5-13(15)19/h3-9,11H,10H2,1-2H3,(H,20,22). The first-order chi connectivity index (χ1) is 12.0. The lowest BCUT2D eigenvalue weighted by molar-refractivity contribution is -0.125. The number of halogens is 1. The second-order valence-electron chi connectivity index (χ2n) is 5.61. The van der Waals surface area contributed by atoms with Crippen LogP contribution in [0.4, 0.5) is 11.4 Å². The number of fused-ring (bicyclic) bond motifs is 1. The molecule has 0 saturated carbocycles. The van der Waals surface area contributed by atoms with Crippen molar-refractivity contribution in [2.75, 3.05) is 23.9 Å². The molecule has 1 aliphatic heterocycles. The van der Waals surface area contributed by atoms with Gasteiger partial charge in [0.2, 0.25) is 0 Å². The van der Waals surface area contributed by atoms with Crippen LogP contribution in [0.1, 0.15) is 6.92 Å². The summed E-state index contributed by atoms with van der Waals surface area (Å²) in [5, 5.41) is 3.18. The summed E-state index contributed by atoms with van der Waals surface area (Å²) in [7, 11) is 1.69. The van der Waals surface area contributed by atoms with Crippen LogP contribution in [0.2, 0.25) is 5.02 Å². The molecule has 6 nitrogen and oxygen atoms in total. The molecule has 1 atom stereocenters. The minimum Gasteiger partial charge on any atom is -0.482 e. The van der Waals surface area contributed by atoms with E-state index in [1.165, 1.54) is 4.90 Å². The van der Waals surface area contributed by atoms with Crippen LogP contribution >= 0.6 is 11.6 Å². The summed E-state index contributed by atoms with van der Waals surface area (Å²) < 4.78 is 11.0. The van der Waals surface area contributed by atoms with Gasteiger partial charge in [-0.2, -0.15) is 0 Å². The number of nitrogens with one attached hydrogen (secondary N) is 1. The van der Waals surface area contributed by atoms with Crippen LogP contribution in [-0.4, -0.2) is 31.6 Å². The second-order valence-corrected chi connectivity index (χ2v) is 6.01. The summed E-state index contributed by atoms with van der Waals surface area (Å²) in [6.45, 7) is 1.51. The Hall–Kier alpha value is -2.73. The number of rotatable bonds is 4. The Kier molecular flexibility index (Phi) is 4.81. The van der Waals surface area contributed by atoms with Gasteiger partial charge in [-0.05, 0) is 31.2 Å². The average molecular weight is 361 g/mol. The highest BCUT2D eigenvalue weighted by Crippen LogP contribution is 2.35. The molecule has 1 unspecified atom stereocenters. The highest BCUT2D eigenvalue weighted by molar-refractivity contribution is 6.32. The Morgan fingerprint density at radius 2 is 2.08 bits per heavy atom.